The maximum Gasteiger partial charge on any atom is 0.134 e. The highest BCUT2D eigenvalue weighted by molar-refractivity contribution is 9.11. The zero-order valence-corrected chi connectivity index (χ0v) is 11.9. The summed E-state index contributed by atoms with van der Waals surface area (Å²) in [4.78, 5) is 2.28. The minimum absolute atomic E-state index is 0.328. The predicted molar refractivity (Wildman–Crippen MR) is 69.6 cm³/mol. The Hall–Kier alpha value is -0.100. The van der Waals surface area contributed by atoms with Crippen molar-refractivity contribution in [1.82, 2.24) is 4.90 Å². The number of phenols is 1. The highest BCUT2D eigenvalue weighted by atomic mass is 79.9. The molecule has 16 heavy (non-hydrogen) atoms. The van der Waals surface area contributed by atoms with E-state index in [1.54, 1.807) is 0 Å². The molecule has 1 heterocycles. The van der Waals surface area contributed by atoms with Gasteiger partial charge in [0.05, 0.1) is 17.7 Å². The van der Waals surface area contributed by atoms with Crippen molar-refractivity contribution < 1.29 is 9.84 Å². The minimum atomic E-state index is 0.328. The molecule has 1 aliphatic rings. The summed E-state index contributed by atoms with van der Waals surface area (Å²) in [6, 6.07) is 3.80. The van der Waals surface area contributed by atoms with Crippen LogP contribution in [0, 0.1) is 0 Å². The van der Waals surface area contributed by atoms with Gasteiger partial charge in [-0.3, -0.25) is 4.90 Å². The first-order valence-corrected chi connectivity index (χ1v) is 6.72. The minimum Gasteiger partial charge on any atom is -0.506 e. The Morgan fingerprint density at radius 1 is 1.25 bits per heavy atom. The van der Waals surface area contributed by atoms with Crippen molar-refractivity contribution in [3.63, 3.8) is 0 Å². The second kappa shape index (κ2) is 5.49. The number of morpholine rings is 1. The molecule has 1 aromatic carbocycles. The van der Waals surface area contributed by atoms with Crippen LogP contribution in [0.4, 0.5) is 0 Å². The van der Waals surface area contributed by atoms with Crippen LogP contribution in [-0.2, 0) is 11.3 Å². The Morgan fingerprint density at radius 3 is 2.62 bits per heavy atom. The normalized spacial score (nSPS) is 17.6. The van der Waals surface area contributed by atoms with Crippen LogP contribution in [0.1, 0.15) is 5.56 Å². The molecule has 1 N–H and O–H groups in total. The van der Waals surface area contributed by atoms with Crippen molar-refractivity contribution in [2.24, 2.45) is 0 Å². The smallest absolute Gasteiger partial charge is 0.134 e. The SMILES string of the molecule is Oc1c(Br)cc(Br)cc1CN1CCOCC1. The molecule has 0 saturated carbocycles. The van der Waals surface area contributed by atoms with Crippen molar-refractivity contribution >= 4 is 31.9 Å². The van der Waals surface area contributed by atoms with Gasteiger partial charge in [-0.25, -0.2) is 0 Å². The van der Waals surface area contributed by atoms with Crippen molar-refractivity contribution in [2.75, 3.05) is 26.3 Å². The molecule has 0 bridgehead atoms. The van der Waals surface area contributed by atoms with Gasteiger partial charge in [0.15, 0.2) is 0 Å². The molecule has 0 radical (unpaired) electrons. The van der Waals surface area contributed by atoms with E-state index < -0.39 is 0 Å². The zero-order valence-electron chi connectivity index (χ0n) is 8.75. The highest BCUT2D eigenvalue weighted by Crippen LogP contribution is 2.32. The molecule has 2 rings (SSSR count). The van der Waals surface area contributed by atoms with E-state index in [-0.39, 0.29) is 0 Å². The Morgan fingerprint density at radius 2 is 1.94 bits per heavy atom. The van der Waals surface area contributed by atoms with Crippen LogP contribution in [0.15, 0.2) is 21.1 Å². The average Bonchev–Trinajstić information content (AvgIpc) is 2.27. The van der Waals surface area contributed by atoms with E-state index >= 15 is 0 Å². The monoisotopic (exact) mass is 349 g/mol. The van der Waals surface area contributed by atoms with Crippen LogP contribution < -0.4 is 0 Å². The van der Waals surface area contributed by atoms with E-state index in [9.17, 15) is 5.11 Å². The van der Waals surface area contributed by atoms with Crippen LogP contribution in [0.5, 0.6) is 5.75 Å². The van der Waals surface area contributed by atoms with Crippen molar-refractivity contribution in [3.05, 3.63) is 26.6 Å². The molecule has 5 heteroatoms. The van der Waals surface area contributed by atoms with E-state index in [0.29, 0.717) is 5.75 Å². The lowest BCUT2D eigenvalue weighted by Gasteiger charge is -2.27. The number of ether oxygens (including phenoxy) is 1. The molecule has 0 atom stereocenters. The number of benzene rings is 1. The summed E-state index contributed by atoms with van der Waals surface area (Å²) in [5.74, 6) is 0.328. The lowest BCUT2D eigenvalue weighted by atomic mass is 10.2. The Labute approximate surface area is 112 Å². The standard InChI is InChI=1S/C11H13Br2NO2/c12-9-5-8(11(15)10(13)6-9)7-14-1-3-16-4-2-14/h5-6,15H,1-4,7H2. The first-order valence-electron chi connectivity index (χ1n) is 5.14. The molecule has 0 amide bonds. The first-order chi connectivity index (χ1) is 7.66. The molecule has 1 saturated heterocycles. The summed E-state index contributed by atoms with van der Waals surface area (Å²) in [5.41, 5.74) is 0.933. The second-order valence-corrected chi connectivity index (χ2v) is 5.55. The topological polar surface area (TPSA) is 32.7 Å². The lowest BCUT2D eigenvalue weighted by Crippen LogP contribution is -2.35. The Balaban J connectivity index is 2.13. The van der Waals surface area contributed by atoms with Crippen LogP contribution in [0.2, 0.25) is 0 Å². The summed E-state index contributed by atoms with van der Waals surface area (Å²) in [6.45, 7) is 4.15. The number of hydrogen-bond donors (Lipinski definition) is 1. The van der Waals surface area contributed by atoms with E-state index in [2.05, 4.69) is 36.8 Å². The van der Waals surface area contributed by atoms with Gasteiger partial charge in [-0.15, -0.1) is 0 Å². The Bertz CT molecular complexity index is 378. The molecular weight excluding hydrogens is 338 g/mol. The first kappa shape index (κ1) is 12.4. The molecule has 3 nitrogen and oxygen atoms in total. The number of hydrogen-bond acceptors (Lipinski definition) is 3. The lowest BCUT2D eigenvalue weighted by molar-refractivity contribution is 0.0338. The molecule has 0 aromatic heterocycles. The molecule has 0 aliphatic carbocycles. The van der Waals surface area contributed by atoms with Crippen molar-refractivity contribution in [3.8, 4) is 5.75 Å². The zero-order chi connectivity index (χ0) is 11.5. The van der Waals surface area contributed by atoms with E-state index in [1.807, 2.05) is 12.1 Å². The quantitative estimate of drug-likeness (QED) is 0.890. The number of rotatable bonds is 2. The summed E-state index contributed by atoms with van der Waals surface area (Å²) in [6.07, 6.45) is 0. The highest BCUT2D eigenvalue weighted by Gasteiger charge is 2.14. The van der Waals surface area contributed by atoms with Crippen LogP contribution in [-0.4, -0.2) is 36.3 Å². The number of nitrogens with zero attached hydrogens (tertiary/aromatic N) is 1. The third-order valence-electron chi connectivity index (χ3n) is 2.60. The van der Waals surface area contributed by atoms with Crippen molar-refractivity contribution in [1.29, 1.82) is 0 Å². The molecular formula is C11H13Br2NO2. The summed E-state index contributed by atoms with van der Waals surface area (Å²) < 4.78 is 6.99. The van der Waals surface area contributed by atoms with Gasteiger partial charge in [-0.1, -0.05) is 15.9 Å². The van der Waals surface area contributed by atoms with Gasteiger partial charge in [-0.2, -0.15) is 0 Å². The number of aromatic hydroxyl groups is 1. The van der Waals surface area contributed by atoms with E-state index in [1.165, 1.54) is 0 Å². The molecule has 88 valence electrons. The predicted octanol–water partition coefficient (Wildman–Crippen LogP) is 2.75. The van der Waals surface area contributed by atoms with Gasteiger partial charge in [0.25, 0.3) is 0 Å². The van der Waals surface area contributed by atoms with Gasteiger partial charge in [0.2, 0.25) is 0 Å². The van der Waals surface area contributed by atoms with Crippen LogP contribution in [0.25, 0.3) is 0 Å². The number of phenolic OH excluding ortho intramolecular Hbond substituents is 1. The summed E-state index contributed by atoms with van der Waals surface area (Å²) in [5, 5.41) is 9.93. The van der Waals surface area contributed by atoms with Gasteiger partial charge in [0.1, 0.15) is 5.75 Å². The fourth-order valence-corrected chi connectivity index (χ4v) is 3.05. The fraction of sp³-hybridized carbons (Fsp3) is 0.455. The molecule has 0 unspecified atom stereocenters. The third-order valence-corrected chi connectivity index (χ3v) is 3.67. The van der Waals surface area contributed by atoms with Gasteiger partial charge in [0, 0.05) is 29.7 Å². The summed E-state index contributed by atoms with van der Waals surface area (Å²) >= 11 is 6.77. The molecule has 0 spiro atoms. The molecule has 1 fully saturated rings. The largest absolute Gasteiger partial charge is 0.506 e. The fourth-order valence-electron chi connectivity index (χ4n) is 1.74. The average molecular weight is 351 g/mol. The summed E-state index contributed by atoms with van der Waals surface area (Å²) in [7, 11) is 0. The second-order valence-electron chi connectivity index (χ2n) is 3.78. The third kappa shape index (κ3) is 2.97. The maximum atomic E-state index is 9.93. The Kier molecular flexibility index (Phi) is 4.24. The van der Waals surface area contributed by atoms with E-state index in [0.717, 1.165) is 47.4 Å². The van der Waals surface area contributed by atoms with E-state index in [4.69, 9.17) is 4.74 Å². The maximum absolute atomic E-state index is 9.93. The number of halogens is 2. The van der Waals surface area contributed by atoms with Crippen LogP contribution >= 0.6 is 31.9 Å². The van der Waals surface area contributed by atoms with Gasteiger partial charge in [-0.05, 0) is 28.1 Å². The van der Waals surface area contributed by atoms with Crippen molar-refractivity contribution in [2.45, 2.75) is 6.54 Å². The molecule has 1 aromatic rings. The molecule has 1 aliphatic heterocycles. The van der Waals surface area contributed by atoms with Gasteiger partial charge >= 0.3 is 0 Å². The van der Waals surface area contributed by atoms with Gasteiger partial charge < -0.3 is 9.84 Å². The van der Waals surface area contributed by atoms with Crippen LogP contribution in [0.3, 0.4) is 0 Å².